The summed E-state index contributed by atoms with van der Waals surface area (Å²) in [6.45, 7) is 1.76. The topological polar surface area (TPSA) is 112 Å². The zero-order valence-electron chi connectivity index (χ0n) is 15.2. The number of hydrogen-bond acceptors (Lipinski definition) is 6. The third-order valence-electron chi connectivity index (χ3n) is 4.12. The van der Waals surface area contributed by atoms with Crippen LogP contribution in [-0.4, -0.2) is 49.4 Å². The van der Waals surface area contributed by atoms with Crippen LogP contribution in [0.4, 0.5) is 5.69 Å². The maximum absolute atomic E-state index is 12.1. The van der Waals surface area contributed by atoms with Gasteiger partial charge in [-0.2, -0.15) is 5.26 Å². The van der Waals surface area contributed by atoms with E-state index in [0.29, 0.717) is 37.2 Å². The van der Waals surface area contributed by atoms with Crippen LogP contribution in [-0.2, 0) is 14.3 Å². The van der Waals surface area contributed by atoms with Gasteiger partial charge in [-0.3, -0.25) is 9.59 Å². The third-order valence-corrected chi connectivity index (χ3v) is 4.12. The van der Waals surface area contributed by atoms with Crippen molar-refractivity contribution in [3.8, 4) is 6.07 Å². The van der Waals surface area contributed by atoms with Gasteiger partial charge >= 0.3 is 5.97 Å². The van der Waals surface area contributed by atoms with Gasteiger partial charge in [0, 0.05) is 37.9 Å². The quantitative estimate of drug-likeness (QED) is 0.310. The summed E-state index contributed by atoms with van der Waals surface area (Å²) in [4.78, 5) is 36.7. The molecule has 1 fully saturated rings. The SMILES string of the molecule is COC(=O)c1ccc(N/C=C(/C#N)C(=O)NCCCN2CCCC2=O)cc1. The monoisotopic (exact) mass is 370 g/mol. The van der Waals surface area contributed by atoms with Crippen LogP contribution >= 0.6 is 0 Å². The van der Waals surface area contributed by atoms with Crippen LogP contribution in [0.3, 0.4) is 0 Å². The summed E-state index contributed by atoms with van der Waals surface area (Å²) in [6, 6.07) is 8.29. The van der Waals surface area contributed by atoms with Crippen molar-refractivity contribution in [3.63, 3.8) is 0 Å². The molecule has 8 nitrogen and oxygen atoms in total. The molecule has 0 aromatic heterocycles. The van der Waals surface area contributed by atoms with E-state index in [-0.39, 0.29) is 11.5 Å². The molecule has 0 unspecified atom stereocenters. The summed E-state index contributed by atoms with van der Waals surface area (Å²) in [5.41, 5.74) is 0.960. The predicted molar refractivity (Wildman–Crippen MR) is 98.5 cm³/mol. The minimum absolute atomic E-state index is 0.0655. The van der Waals surface area contributed by atoms with Gasteiger partial charge in [0.1, 0.15) is 11.6 Å². The van der Waals surface area contributed by atoms with Crippen LogP contribution in [0.15, 0.2) is 36.0 Å². The molecule has 8 heteroatoms. The number of likely N-dealkylation sites (tertiary alicyclic amines) is 1. The Hall–Kier alpha value is -3.34. The highest BCUT2D eigenvalue weighted by Gasteiger charge is 2.19. The molecular weight excluding hydrogens is 348 g/mol. The maximum Gasteiger partial charge on any atom is 0.337 e. The molecule has 0 bridgehead atoms. The van der Waals surface area contributed by atoms with Crippen molar-refractivity contribution < 1.29 is 19.1 Å². The van der Waals surface area contributed by atoms with Crippen molar-refractivity contribution in [2.45, 2.75) is 19.3 Å². The second-order valence-corrected chi connectivity index (χ2v) is 5.98. The van der Waals surface area contributed by atoms with Crippen molar-refractivity contribution in [2.24, 2.45) is 0 Å². The van der Waals surface area contributed by atoms with Gasteiger partial charge in [0.2, 0.25) is 5.91 Å². The van der Waals surface area contributed by atoms with Gasteiger partial charge in [0.25, 0.3) is 5.91 Å². The van der Waals surface area contributed by atoms with Crippen LogP contribution in [0, 0.1) is 11.3 Å². The number of ether oxygens (including phenoxy) is 1. The lowest BCUT2D eigenvalue weighted by Crippen LogP contribution is -2.31. The highest BCUT2D eigenvalue weighted by molar-refractivity contribution is 5.97. The average Bonchev–Trinajstić information content (AvgIpc) is 3.10. The molecule has 0 spiro atoms. The third kappa shape index (κ3) is 5.85. The van der Waals surface area contributed by atoms with E-state index in [1.165, 1.54) is 13.3 Å². The molecule has 1 aliphatic heterocycles. The Labute approximate surface area is 157 Å². The summed E-state index contributed by atoms with van der Waals surface area (Å²) >= 11 is 0. The minimum atomic E-state index is -0.482. The van der Waals surface area contributed by atoms with Gasteiger partial charge in [-0.1, -0.05) is 0 Å². The largest absolute Gasteiger partial charge is 0.465 e. The Kier molecular flexibility index (Phi) is 7.37. The first-order valence-corrected chi connectivity index (χ1v) is 8.66. The minimum Gasteiger partial charge on any atom is -0.465 e. The van der Waals surface area contributed by atoms with Crippen molar-refractivity contribution in [3.05, 3.63) is 41.6 Å². The molecule has 0 atom stereocenters. The van der Waals surface area contributed by atoms with E-state index in [1.54, 1.807) is 29.2 Å². The van der Waals surface area contributed by atoms with Crippen molar-refractivity contribution >= 4 is 23.5 Å². The molecule has 2 N–H and O–H groups in total. The first-order valence-electron chi connectivity index (χ1n) is 8.66. The summed E-state index contributed by atoms with van der Waals surface area (Å²) in [5, 5.41) is 14.7. The van der Waals surface area contributed by atoms with Gasteiger partial charge in [-0.25, -0.2) is 4.79 Å². The van der Waals surface area contributed by atoms with Crippen molar-refractivity contribution in [2.75, 3.05) is 32.1 Å². The fourth-order valence-corrected chi connectivity index (χ4v) is 2.63. The fraction of sp³-hybridized carbons (Fsp3) is 0.368. The zero-order valence-corrected chi connectivity index (χ0v) is 15.2. The Bertz CT molecular complexity index is 765. The van der Waals surface area contributed by atoms with E-state index in [4.69, 9.17) is 5.26 Å². The summed E-state index contributed by atoms with van der Waals surface area (Å²) in [6.07, 6.45) is 3.43. The highest BCUT2D eigenvalue weighted by atomic mass is 16.5. The second kappa shape index (κ2) is 9.97. The molecule has 2 rings (SSSR count). The van der Waals surface area contributed by atoms with Crippen LogP contribution < -0.4 is 10.6 Å². The van der Waals surface area contributed by atoms with E-state index in [0.717, 1.165) is 13.0 Å². The lowest BCUT2D eigenvalue weighted by Gasteiger charge is -2.15. The van der Waals surface area contributed by atoms with Gasteiger partial charge in [0.15, 0.2) is 0 Å². The Balaban J connectivity index is 1.80. The Morgan fingerprint density at radius 1 is 1.33 bits per heavy atom. The molecule has 1 aliphatic rings. The molecule has 2 amide bonds. The standard InChI is InChI=1S/C19H22N4O4/c1-27-19(26)14-5-7-16(8-6-14)22-13-15(12-20)18(25)21-9-3-11-23-10-2-4-17(23)24/h5-8,13,22H,2-4,9-11H2,1H3,(H,21,25)/b15-13-. The Morgan fingerprint density at radius 2 is 2.07 bits per heavy atom. The Morgan fingerprint density at radius 3 is 2.67 bits per heavy atom. The number of nitrogens with one attached hydrogen (secondary N) is 2. The molecule has 1 aromatic rings. The first kappa shape index (κ1) is 20.0. The molecule has 1 aromatic carbocycles. The van der Waals surface area contributed by atoms with E-state index < -0.39 is 11.9 Å². The number of hydrogen-bond donors (Lipinski definition) is 2. The van der Waals surface area contributed by atoms with Gasteiger partial charge in [-0.15, -0.1) is 0 Å². The predicted octanol–water partition coefficient (Wildman–Crippen LogP) is 1.42. The maximum atomic E-state index is 12.1. The number of rotatable bonds is 8. The highest BCUT2D eigenvalue weighted by Crippen LogP contribution is 2.11. The van der Waals surface area contributed by atoms with Crippen molar-refractivity contribution in [1.82, 2.24) is 10.2 Å². The lowest BCUT2D eigenvalue weighted by atomic mass is 10.2. The van der Waals surface area contributed by atoms with Crippen molar-refractivity contribution in [1.29, 1.82) is 5.26 Å². The number of carbonyl (C=O) groups is 3. The van der Waals surface area contributed by atoms with Gasteiger partial charge in [0.05, 0.1) is 12.7 Å². The molecule has 0 aliphatic carbocycles. The van der Waals surface area contributed by atoms with E-state index in [2.05, 4.69) is 15.4 Å². The molecule has 27 heavy (non-hydrogen) atoms. The molecule has 0 radical (unpaired) electrons. The smallest absolute Gasteiger partial charge is 0.337 e. The number of methoxy groups -OCH3 is 1. The first-order chi connectivity index (χ1) is 13.0. The number of benzene rings is 1. The second-order valence-electron chi connectivity index (χ2n) is 5.98. The van der Waals surface area contributed by atoms with Crippen LogP contribution in [0.1, 0.15) is 29.6 Å². The molecule has 0 saturated carbocycles. The number of amides is 2. The van der Waals surface area contributed by atoms with Crippen LogP contribution in [0.2, 0.25) is 0 Å². The average molecular weight is 370 g/mol. The number of esters is 1. The van der Waals surface area contributed by atoms with Crippen LogP contribution in [0.25, 0.3) is 0 Å². The van der Waals surface area contributed by atoms with Crippen LogP contribution in [0.5, 0.6) is 0 Å². The molecule has 1 heterocycles. The normalized spacial score (nSPS) is 13.9. The number of carbonyl (C=O) groups excluding carboxylic acids is 3. The zero-order chi connectivity index (χ0) is 19.6. The van der Waals surface area contributed by atoms with Gasteiger partial charge in [-0.05, 0) is 37.1 Å². The number of nitrogens with zero attached hydrogens (tertiary/aromatic N) is 2. The van der Waals surface area contributed by atoms with E-state index in [9.17, 15) is 14.4 Å². The molecule has 1 saturated heterocycles. The number of anilines is 1. The van der Waals surface area contributed by atoms with Gasteiger partial charge < -0.3 is 20.3 Å². The molecular formula is C19H22N4O4. The summed E-state index contributed by atoms with van der Waals surface area (Å²) < 4.78 is 4.62. The van der Waals surface area contributed by atoms with E-state index in [1.807, 2.05) is 6.07 Å². The van der Waals surface area contributed by atoms with E-state index >= 15 is 0 Å². The lowest BCUT2D eigenvalue weighted by molar-refractivity contribution is -0.127. The molecule has 142 valence electrons. The fourth-order valence-electron chi connectivity index (χ4n) is 2.63. The summed E-state index contributed by atoms with van der Waals surface area (Å²) in [5.74, 6) is -0.768. The number of nitriles is 1. The summed E-state index contributed by atoms with van der Waals surface area (Å²) in [7, 11) is 1.30.